The molecule has 2 aromatic heterocycles. The third-order valence-electron chi connectivity index (χ3n) is 3.04. The van der Waals surface area contributed by atoms with E-state index >= 15 is 0 Å². The lowest BCUT2D eigenvalue weighted by molar-refractivity contribution is -0.385. The van der Waals surface area contributed by atoms with E-state index in [1.807, 2.05) is 23.8 Å². The smallest absolute Gasteiger partial charge is 0.306 e. The van der Waals surface area contributed by atoms with Gasteiger partial charge in [-0.2, -0.15) is 16.4 Å². The lowest BCUT2D eigenvalue weighted by Crippen LogP contribution is -2.26. The molecule has 1 N–H and O–H groups in total. The minimum Gasteiger partial charge on any atom is -0.350 e. The van der Waals surface area contributed by atoms with Gasteiger partial charge < -0.3 is 5.32 Å². The van der Waals surface area contributed by atoms with Gasteiger partial charge >= 0.3 is 5.69 Å². The molecule has 0 saturated carbocycles. The van der Waals surface area contributed by atoms with Crippen LogP contribution < -0.4 is 5.32 Å². The fourth-order valence-corrected chi connectivity index (χ4v) is 2.64. The SMILES string of the molecule is CC(NC(=O)CCCn1cc([N+](=O)[O-])cn1)c1ccsc1. The van der Waals surface area contributed by atoms with Gasteiger partial charge in [0.15, 0.2) is 0 Å². The van der Waals surface area contributed by atoms with Crippen molar-refractivity contribution in [1.82, 2.24) is 15.1 Å². The van der Waals surface area contributed by atoms with E-state index in [0.29, 0.717) is 19.4 Å². The summed E-state index contributed by atoms with van der Waals surface area (Å²) in [7, 11) is 0. The number of carbonyl (C=O) groups excluding carboxylic acids is 1. The Morgan fingerprint density at radius 3 is 3.05 bits per heavy atom. The van der Waals surface area contributed by atoms with Crippen LogP contribution in [0.2, 0.25) is 0 Å². The Balaban J connectivity index is 1.72. The molecule has 1 unspecified atom stereocenters. The Morgan fingerprint density at radius 2 is 2.43 bits per heavy atom. The van der Waals surface area contributed by atoms with E-state index in [1.54, 1.807) is 11.3 Å². The lowest BCUT2D eigenvalue weighted by atomic mass is 10.2. The highest BCUT2D eigenvalue weighted by molar-refractivity contribution is 7.07. The fraction of sp³-hybridized carbons (Fsp3) is 0.385. The van der Waals surface area contributed by atoms with Crippen molar-refractivity contribution < 1.29 is 9.72 Å². The van der Waals surface area contributed by atoms with Crippen molar-refractivity contribution in [2.45, 2.75) is 32.4 Å². The van der Waals surface area contributed by atoms with Crippen LogP contribution in [-0.4, -0.2) is 20.6 Å². The number of thiophene rings is 1. The van der Waals surface area contributed by atoms with Crippen LogP contribution in [0.5, 0.6) is 0 Å². The van der Waals surface area contributed by atoms with E-state index in [0.717, 1.165) is 5.56 Å². The van der Waals surface area contributed by atoms with E-state index in [2.05, 4.69) is 10.4 Å². The van der Waals surface area contributed by atoms with Crippen molar-refractivity contribution in [1.29, 1.82) is 0 Å². The van der Waals surface area contributed by atoms with E-state index in [1.165, 1.54) is 17.1 Å². The number of nitrogens with zero attached hydrogens (tertiary/aromatic N) is 3. The summed E-state index contributed by atoms with van der Waals surface area (Å²) in [5.41, 5.74) is 1.06. The van der Waals surface area contributed by atoms with Crippen molar-refractivity contribution in [3.8, 4) is 0 Å². The standard InChI is InChI=1S/C13H16N4O3S/c1-10(11-4-6-21-9-11)15-13(18)3-2-5-16-8-12(7-14-16)17(19)20/h4,6-10H,2-3,5H2,1H3,(H,15,18). The number of aromatic nitrogens is 2. The molecule has 0 radical (unpaired) electrons. The van der Waals surface area contributed by atoms with E-state index in [-0.39, 0.29) is 17.6 Å². The summed E-state index contributed by atoms with van der Waals surface area (Å²) in [6.45, 7) is 2.42. The van der Waals surface area contributed by atoms with Crippen LogP contribution >= 0.6 is 11.3 Å². The van der Waals surface area contributed by atoms with Crippen LogP contribution in [0.4, 0.5) is 5.69 Å². The number of nitrogens with one attached hydrogen (secondary N) is 1. The number of hydrogen-bond donors (Lipinski definition) is 1. The van der Waals surface area contributed by atoms with Gasteiger partial charge in [0.2, 0.25) is 5.91 Å². The summed E-state index contributed by atoms with van der Waals surface area (Å²) in [6, 6.07) is 1.98. The molecule has 0 saturated heterocycles. The van der Waals surface area contributed by atoms with Crippen LogP contribution in [0.3, 0.4) is 0 Å². The van der Waals surface area contributed by atoms with Crippen LogP contribution in [-0.2, 0) is 11.3 Å². The zero-order valence-corrected chi connectivity index (χ0v) is 12.4. The largest absolute Gasteiger partial charge is 0.350 e. The topological polar surface area (TPSA) is 90.1 Å². The molecule has 2 rings (SSSR count). The van der Waals surface area contributed by atoms with Crippen LogP contribution in [0.1, 0.15) is 31.4 Å². The third-order valence-corrected chi connectivity index (χ3v) is 3.74. The number of amides is 1. The molecule has 2 aromatic rings. The molecule has 0 spiro atoms. The minimum absolute atomic E-state index is 0.00505. The molecule has 2 heterocycles. The number of hydrogen-bond acceptors (Lipinski definition) is 5. The number of carbonyl (C=O) groups is 1. The molecule has 21 heavy (non-hydrogen) atoms. The molecule has 112 valence electrons. The number of nitro groups is 1. The third kappa shape index (κ3) is 4.38. The predicted octanol–water partition coefficient (Wildman–Crippen LogP) is 2.51. The maximum Gasteiger partial charge on any atom is 0.306 e. The molecule has 0 aliphatic carbocycles. The first-order valence-corrected chi connectivity index (χ1v) is 7.49. The molecular weight excluding hydrogens is 292 g/mol. The predicted molar refractivity (Wildman–Crippen MR) is 79.0 cm³/mol. The van der Waals surface area contributed by atoms with Gasteiger partial charge in [-0.25, -0.2) is 0 Å². The maximum absolute atomic E-state index is 11.8. The molecule has 1 atom stereocenters. The molecule has 0 fully saturated rings. The Morgan fingerprint density at radius 1 is 1.62 bits per heavy atom. The first kappa shape index (κ1) is 15.2. The van der Waals surface area contributed by atoms with Crippen molar-refractivity contribution in [2.24, 2.45) is 0 Å². The first-order valence-electron chi connectivity index (χ1n) is 6.54. The normalized spacial score (nSPS) is 12.0. The molecule has 0 aliphatic heterocycles. The van der Waals surface area contributed by atoms with E-state index < -0.39 is 4.92 Å². The number of rotatable bonds is 7. The second-order valence-corrected chi connectivity index (χ2v) is 5.45. The van der Waals surface area contributed by atoms with Gasteiger partial charge in [0.25, 0.3) is 0 Å². The first-order chi connectivity index (χ1) is 10.1. The zero-order valence-electron chi connectivity index (χ0n) is 11.6. The fourth-order valence-electron chi connectivity index (χ4n) is 1.89. The minimum atomic E-state index is -0.487. The zero-order chi connectivity index (χ0) is 15.2. The van der Waals surface area contributed by atoms with Crippen LogP contribution in [0.25, 0.3) is 0 Å². The van der Waals surface area contributed by atoms with Gasteiger partial charge in [0.1, 0.15) is 12.4 Å². The van der Waals surface area contributed by atoms with Gasteiger partial charge in [-0.15, -0.1) is 0 Å². The molecular formula is C13H16N4O3S. The van der Waals surface area contributed by atoms with Crippen molar-refractivity contribution in [3.63, 3.8) is 0 Å². The van der Waals surface area contributed by atoms with E-state index in [4.69, 9.17) is 0 Å². The summed E-state index contributed by atoms with van der Waals surface area (Å²) in [5, 5.41) is 21.3. The van der Waals surface area contributed by atoms with Crippen molar-refractivity contribution in [2.75, 3.05) is 0 Å². The highest BCUT2D eigenvalue weighted by Gasteiger charge is 2.11. The van der Waals surface area contributed by atoms with E-state index in [9.17, 15) is 14.9 Å². The van der Waals surface area contributed by atoms with Gasteiger partial charge in [-0.3, -0.25) is 19.6 Å². The quantitative estimate of drug-likeness (QED) is 0.628. The lowest BCUT2D eigenvalue weighted by Gasteiger charge is -2.12. The Bertz CT molecular complexity index is 609. The molecule has 0 aliphatic rings. The summed E-state index contributed by atoms with van der Waals surface area (Å²) >= 11 is 1.60. The summed E-state index contributed by atoms with van der Waals surface area (Å²) < 4.78 is 1.48. The molecule has 1 amide bonds. The Kier molecular flexibility index (Phi) is 5.04. The van der Waals surface area contributed by atoms with Gasteiger partial charge in [0.05, 0.1) is 11.0 Å². The second-order valence-electron chi connectivity index (χ2n) is 4.67. The highest BCUT2D eigenvalue weighted by Crippen LogP contribution is 2.15. The monoisotopic (exact) mass is 308 g/mol. The average Bonchev–Trinajstić information content (AvgIpc) is 3.10. The molecule has 8 heteroatoms. The second kappa shape index (κ2) is 6.98. The molecule has 7 nitrogen and oxygen atoms in total. The van der Waals surface area contributed by atoms with Crippen LogP contribution in [0, 0.1) is 10.1 Å². The van der Waals surface area contributed by atoms with Crippen molar-refractivity contribution >= 4 is 22.9 Å². The summed E-state index contributed by atoms with van der Waals surface area (Å²) in [5.74, 6) is -0.0321. The average molecular weight is 308 g/mol. The van der Waals surface area contributed by atoms with Gasteiger partial charge in [-0.05, 0) is 35.7 Å². The maximum atomic E-state index is 11.8. The Labute approximate surface area is 125 Å². The van der Waals surface area contributed by atoms with Crippen LogP contribution in [0.15, 0.2) is 29.2 Å². The summed E-state index contributed by atoms with van der Waals surface area (Å²) in [6.07, 6.45) is 3.52. The molecule has 0 aromatic carbocycles. The number of aryl methyl sites for hydroxylation is 1. The van der Waals surface area contributed by atoms with Crippen molar-refractivity contribution in [3.05, 3.63) is 44.9 Å². The Hall–Kier alpha value is -2.22. The summed E-state index contributed by atoms with van der Waals surface area (Å²) in [4.78, 5) is 21.8. The highest BCUT2D eigenvalue weighted by atomic mass is 32.1. The van der Waals surface area contributed by atoms with Gasteiger partial charge in [0, 0.05) is 13.0 Å². The van der Waals surface area contributed by atoms with Gasteiger partial charge in [-0.1, -0.05) is 0 Å². The molecule has 0 bridgehead atoms.